The highest BCUT2D eigenvalue weighted by molar-refractivity contribution is 5.27. The van der Waals surface area contributed by atoms with Crippen LogP contribution in [0, 0.1) is 24.6 Å². The standard InChI is InChI=1S/C17H26FN/c1-4-13-6-8-15(11-19-3)16(9-13)14-7-5-12(2)17(18)10-14/h5,7,10,13,15-16,19H,4,6,8-9,11H2,1-3H3. The molecule has 1 nitrogen and oxygen atoms in total. The summed E-state index contributed by atoms with van der Waals surface area (Å²) >= 11 is 0. The first-order valence-corrected chi connectivity index (χ1v) is 7.56. The minimum atomic E-state index is -0.0562. The molecule has 1 aliphatic carbocycles. The van der Waals surface area contributed by atoms with E-state index in [1.165, 1.54) is 31.2 Å². The molecule has 3 unspecified atom stereocenters. The van der Waals surface area contributed by atoms with Crippen molar-refractivity contribution < 1.29 is 4.39 Å². The molecule has 0 spiro atoms. The first kappa shape index (κ1) is 14.5. The van der Waals surface area contributed by atoms with Crippen LogP contribution in [0.3, 0.4) is 0 Å². The zero-order valence-electron chi connectivity index (χ0n) is 12.4. The second-order valence-corrected chi connectivity index (χ2v) is 6.02. The Morgan fingerprint density at radius 3 is 2.74 bits per heavy atom. The predicted molar refractivity (Wildman–Crippen MR) is 78.9 cm³/mol. The summed E-state index contributed by atoms with van der Waals surface area (Å²) in [6.45, 7) is 5.15. The molecule has 0 amide bonds. The van der Waals surface area contributed by atoms with Gasteiger partial charge in [-0.2, -0.15) is 0 Å². The first-order valence-electron chi connectivity index (χ1n) is 7.56. The van der Waals surface area contributed by atoms with E-state index < -0.39 is 0 Å². The summed E-state index contributed by atoms with van der Waals surface area (Å²) in [6, 6.07) is 5.82. The molecule has 0 aromatic heterocycles. The minimum absolute atomic E-state index is 0.0562. The van der Waals surface area contributed by atoms with Crippen LogP contribution >= 0.6 is 0 Å². The molecule has 0 saturated heterocycles. The summed E-state index contributed by atoms with van der Waals surface area (Å²) in [5.74, 6) is 1.91. The van der Waals surface area contributed by atoms with Crippen LogP contribution in [0.1, 0.15) is 49.7 Å². The fraction of sp³-hybridized carbons (Fsp3) is 0.647. The largest absolute Gasteiger partial charge is 0.319 e. The van der Waals surface area contributed by atoms with Crippen molar-refractivity contribution in [3.8, 4) is 0 Å². The summed E-state index contributed by atoms with van der Waals surface area (Å²) in [5, 5.41) is 3.30. The van der Waals surface area contributed by atoms with Crippen LogP contribution in [0.4, 0.5) is 4.39 Å². The normalized spacial score (nSPS) is 27.5. The summed E-state index contributed by atoms with van der Waals surface area (Å²) < 4.78 is 13.8. The molecule has 1 aromatic carbocycles. The number of aryl methyl sites for hydroxylation is 1. The number of hydrogen-bond donors (Lipinski definition) is 1. The molecule has 1 N–H and O–H groups in total. The predicted octanol–water partition coefficient (Wildman–Crippen LogP) is 4.26. The Kier molecular flexibility index (Phi) is 4.98. The second-order valence-electron chi connectivity index (χ2n) is 6.02. The van der Waals surface area contributed by atoms with E-state index in [0.717, 1.165) is 18.0 Å². The van der Waals surface area contributed by atoms with Crippen molar-refractivity contribution >= 4 is 0 Å². The van der Waals surface area contributed by atoms with Gasteiger partial charge in [-0.1, -0.05) is 31.9 Å². The zero-order chi connectivity index (χ0) is 13.8. The lowest BCUT2D eigenvalue weighted by Gasteiger charge is -2.36. The van der Waals surface area contributed by atoms with E-state index in [4.69, 9.17) is 0 Å². The van der Waals surface area contributed by atoms with Crippen molar-refractivity contribution in [3.05, 3.63) is 35.1 Å². The summed E-state index contributed by atoms with van der Waals surface area (Å²) in [5.41, 5.74) is 1.94. The van der Waals surface area contributed by atoms with Gasteiger partial charge in [0.15, 0.2) is 0 Å². The highest BCUT2D eigenvalue weighted by Gasteiger charge is 2.30. The van der Waals surface area contributed by atoms with Gasteiger partial charge >= 0.3 is 0 Å². The second kappa shape index (κ2) is 6.51. The van der Waals surface area contributed by atoms with Crippen LogP contribution in [0.5, 0.6) is 0 Å². The average Bonchev–Trinajstić information content (AvgIpc) is 2.43. The van der Waals surface area contributed by atoms with Gasteiger partial charge in [0.2, 0.25) is 0 Å². The van der Waals surface area contributed by atoms with Crippen LogP contribution in [0.2, 0.25) is 0 Å². The molecule has 1 saturated carbocycles. The smallest absolute Gasteiger partial charge is 0.126 e. The van der Waals surface area contributed by atoms with Gasteiger partial charge < -0.3 is 5.32 Å². The van der Waals surface area contributed by atoms with Crippen LogP contribution in [-0.4, -0.2) is 13.6 Å². The van der Waals surface area contributed by atoms with E-state index in [0.29, 0.717) is 11.8 Å². The topological polar surface area (TPSA) is 12.0 Å². The van der Waals surface area contributed by atoms with Gasteiger partial charge in [0.25, 0.3) is 0 Å². The summed E-state index contributed by atoms with van der Waals surface area (Å²) in [4.78, 5) is 0. The van der Waals surface area contributed by atoms with Crippen molar-refractivity contribution in [3.63, 3.8) is 0 Å². The molecule has 106 valence electrons. The molecule has 3 atom stereocenters. The fourth-order valence-electron chi connectivity index (χ4n) is 3.45. The highest BCUT2D eigenvalue weighted by Crippen LogP contribution is 2.41. The molecule has 0 bridgehead atoms. The minimum Gasteiger partial charge on any atom is -0.319 e. The molecule has 1 aliphatic rings. The summed E-state index contributed by atoms with van der Waals surface area (Å²) in [7, 11) is 2.01. The van der Waals surface area contributed by atoms with Gasteiger partial charge in [-0.05, 0) is 68.3 Å². The van der Waals surface area contributed by atoms with Gasteiger partial charge in [-0.25, -0.2) is 4.39 Å². The van der Waals surface area contributed by atoms with E-state index in [-0.39, 0.29) is 5.82 Å². The van der Waals surface area contributed by atoms with Crippen LogP contribution in [-0.2, 0) is 0 Å². The fourth-order valence-corrected chi connectivity index (χ4v) is 3.45. The van der Waals surface area contributed by atoms with Crippen LogP contribution in [0.15, 0.2) is 18.2 Å². The monoisotopic (exact) mass is 263 g/mol. The molecule has 0 heterocycles. The van der Waals surface area contributed by atoms with E-state index in [2.05, 4.69) is 18.3 Å². The van der Waals surface area contributed by atoms with Crippen molar-refractivity contribution in [2.75, 3.05) is 13.6 Å². The van der Waals surface area contributed by atoms with Crippen molar-refractivity contribution in [1.82, 2.24) is 5.32 Å². The van der Waals surface area contributed by atoms with Gasteiger partial charge in [-0.15, -0.1) is 0 Å². The van der Waals surface area contributed by atoms with Gasteiger partial charge in [0, 0.05) is 0 Å². The maximum Gasteiger partial charge on any atom is 0.126 e. The van der Waals surface area contributed by atoms with Crippen molar-refractivity contribution in [1.29, 1.82) is 0 Å². The molecular formula is C17H26FN. The van der Waals surface area contributed by atoms with Gasteiger partial charge in [-0.3, -0.25) is 0 Å². The third kappa shape index (κ3) is 3.36. The SMILES string of the molecule is CCC1CCC(CNC)C(c2ccc(C)c(F)c2)C1. The lowest BCUT2D eigenvalue weighted by atomic mass is 9.70. The third-order valence-corrected chi connectivity index (χ3v) is 4.77. The number of halogens is 1. The van der Waals surface area contributed by atoms with E-state index in [1.54, 1.807) is 6.07 Å². The summed E-state index contributed by atoms with van der Waals surface area (Å²) in [6.07, 6.45) is 5.05. The lowest BCUT2D eigenvalue weighted by Crippen LogP contribution is -2.30. The molecule has 2 rings (SSSR count). The van der Waals surface area contributed by atoms with Gasteiger partial charge in [0.05, 0.1) is 0 Å². The van der Waals surface area contributed by atoms with Crippen molar-refractivity contribution in [2.45, 2.75) is 45.4 Å². The zero-order valence-corrected chi connectivity index (χ0v) is 12.4. The third-order valence-electron chi connectivity index (χ3n) is 4.77. The molecule has 1 fully saturated rings. The molecule has 0 radical (unpaired) electrons. The Morgan fingerprint density at radius 2 is 2.11 bits per heavy atom. The Balaban J connectivity index is 2.22. The van der Waals surface area contributed by atoms with Crippen LogP contribution < -0.4 is 5.32 Å². The first-order chi connectivity index (χ1) is 9.15. The Morgan fingerprint density at radius 1 is 1.32 bits per heavy atom. The highest BCUT2D eigenvalue weighted by atomic mass is 19.1. The Hall–Kier alpha value is -0.890. The van der Waals surface area contributed by atoms with Gasteiger partial charge in [0.1, 0.15) is 5.82 Å². The maximum atomic E-state index is 13.8. The van der Waals surface area contributed by atoms with E-state index >= 15 is 0 Å². The lowest BCUT2D eigenvalue weighted by molar-refractivity contribution is 0.228. The Bertz CT molecular complexity index is 416. The molecule has 2 heteroatoms. The quantitative estimate of drug-likeness (QED) is 0.855. The average molecular weight is 263 g/mol. The number of benzene rings is 1. The van der Waals surface area contributed by atoms with Crippen molar-refractivity contribution in [2.24, 2.45) is 11.8 Å². The molecule has 0 aliphatic heterocycles. The molecule has 19 heavy (non-hydrogen) atoms. The van der Waals surface area contributed by atoms with E-state index in [1.807, 2.05) is 20.0 Å². The number of nitrogens with one attached hydrogen (secondary N) is 1. The number of hydrogen-bond acceptors (Lipinski definition) is 1. The van der Waals surface area contributed by atoms with Crippen LogP contribution in [0.25, 0.3) is 0 Å². The Labute approximate surface area is 116 Å². The number of rotatable bonds is 4. The molecule has 1 aromatic rings. The molecular weight excluding hydrogens is 237 g/mol. The maximum absolute atomic E-state index is 13.8. The van der Waals surface area contributed by atoms with E-state index in [9.17, 15) is 4.39 Å².